The van der Waals surface area contributed by atoms with Gasteiger partial charge in [-0.2, -0.15) is 0 Å². The molecule has 2 amide bonds. The molecule has 7 nitrogen and oxygen atoms in total. The number of methoxy groups -OCH3 is 2. The highest BCUT2D eigenvalue weighted by Gasteiger charge is 2.38. The van der Waals surface area contributed by atoms with Gasteiger partial charge in [0, 0.05) is 32.7 Å². The number of ether oxygens (including phenoxy) is 4. The molecule has 2 heterocycles. The second-order valence-electron chi connectivity index (χ2n) is 7.84. The summed E-state index contributed by atoms with van der Waals surface area (Å²) in [5.74, 6) is 2.57. The minimum absolute atomic E-state index is 0.00887. The lowest BCUT2D eigenvalue weighted by Gasteiger charge is -2.31. The number of benzene rings is 2. The predicted octanol–water partition coefficient (Wildman–Crippen LogP) is 4.04. The molecule has 2 aromatic carbocycles. The maximum Gasteiger partial charge on any atom is 0.320 e. The number of likely N-dealkylation sites (tertiary alicyclic amines) is 1. The van der Waals surface area contributed by atoms with Crippen molar-refractivity contribution >= 4 is 6.03 Å². The molecule has 1 fully saturated rings. The SMILES string of the molecule is CCN(CCOC)C(=O)N1C[C@@H](c2ccc3c(c2)OCO3)C[C@@H]1c1ccc(OC)cc1. The summed E-state index contributed by atoms with van der Waals surface area (Å²) >= 11 is 0. The highest BCUT2D eigenvalue weighted by molar-refractivity contribution is 5.75. The lowest BCUT2D eigenvalue weighted by molar-refractivity contribution is 0.124. The van der Waals surface area contributed by atoms with Crippen LogP contribution in [0.15, 0.2) is 42.5 Å². The average molecular weight is 427 g/mol. The zero-order chi connectivity index (χ0) is 21.8. The number of likely N-dealkylation sites (N-methyl/N-ethyl adjacent to an activating group) is 1. The van der Waals surface area contributed by atoms with Crippen molar-refractivity contribution in [2.75, 3.05) is 47.3 Å². The average Bonchev–Trinajstić information content (AvgIpc) is 3.46. The predicted molar refractivity (Wildman–Crippen MR) is 117 cm³/mol. The second kappa shape index (κ2) is 9.47. The Kier molecular flexibility index (Phi) is 6.51. The first kappa shape index (κ1) is 21.3. The molecule has 7 heteroatoms. The van der Waals surface area contributed by atoms with Gasteiger partial charge in [-0.1, -0.05) is 18.2 Å². The Morgan fingerprint density at radius 1 is 1.10 bits per heavy atom. The molecular weight excluding hydrogens is 396 g/mol. The topological polar surface area (TPSA) is 60.5 Å². The van der Waals surface area contributed by atoms with E-state index in [4.69, 9.17) is 18.9 Å². The van der Waals surface area contributed by atoms with E-state index < -0.39 is 0 Å². The van der Waals surface area contributed by atoms with Gasteiger partial charge in [-0.15, -0.1) is 0 Å². The minimum Gasteiger partial charge on any atom is -0.497 e. The fourth-order valence-electron chi connectivity index (χ4n) is 4.37. The minimum atomic E-state index is -0.00887. The van der Waals surface area contributed by atoms with E-state index in [2.05, 4.69) is 24.3 Å². The Labute approximate surface area is 183 Å². The smallest absolute Gasteiger partial charge is 0.320 e. The van der Waals surface area contributed by atoms with Gasteiger partial charge in [-0.25, -0.2) is 4.79 Å². The molecule has 0 bridgehead atoms. The summed E-state index contributed by atoms with van der Waals surface area (Å²) in [6, 6.07) is 14.1. The summed E-state index contributed by atoms with van der Waals surface area (Å²) in [4.78, 5) is 17.3. The van der Waals surface area contributed by atoms with E-state index in [9.17, 15) is 4.79 Å². The molecule has 2 aliphatic rings. The Morgan fingerprint density at radius 3 is 2.55 bits per heavy atom. The highest BCUT2D eigenvalue weighted by atomic mass is 16.7. The van der Waals surface area contributed by atoms with Gasteiger partial charge in [-0.05, 0) is 48.7 Å². The van der Waals surface area contributed by atoms with E-state index in [0.717, 1.165) is 34.8 Å². The van der Waals surface area contributed by atoms with E-state index in [0.29, 0.717) is 26.2 Å². The van der Waals surface area contributed by atoms with Gasteiger partial charge in [0.15, 0.2) is 11.5 Å². The summed E-state index contributed by atoms with van der Waals surface area (Å²) < 4.78 is 21.5. The number of amides is 2. The molecule has 0 spiro atoms. The number of hydrogen-bond donors (Lipinski definition) is 0. The van der Waals surface area contributed by atoms with Crippen LogP contribution in [-0.4, -0.2) is 63.1 Å². The number of rotatable bonds is 7. The molecule has 166 valence electrons. The zero-order valence-corrected chi connectivity index (χ0v) is 18.4. The quantitative estimate of drug-likeness (QED) is 0.669. The lowest BCUT2D eigenvalue weighted by Crippen LogP contribution is -2.44. The van der Waals surface area contributed by atoms with Crippen LogP contribution in [-0.2, 0) is 4.74 Å². The third-order valence-corrected chi connectivity index (χ3v) is 6.13. The van der Waals surface area contributed by atoms with Crippen molar-refractivity contribution < 1.29 is 23.7 Å². The van der Waals surface area contributed by atoms with Crippen LogP contribution in [0.2, 0.25) is 0 Å². The third-order valence-electron chi connectivity index (χ3n) is 6.13. The van der Waals surface area contributed by atoms with Gasteiger partial charge in [0.05, 0.1) is 19.8 Å². The van der Waals surface area contributed by atoms with Gasteiger partial charge >= 0.3 is 6.03 Å². The molecule has 0 N–H and O–H groups in total. The fraction of sp³-hybridized carbons (Fsp3) is 0.458. The van der Waals surface area contributed by atoms with Crippen molar-refractivity contribution in [2.24, 2.45) is 0 Å². The first-order chi connectivity index (χ1) is 15.1. The highest BCUT2D eigenvalue weighted by Crippen LogP contribution is 2.44. The number of carbonyl (C=O) groups is 1. The monoisotopic (exact) mass is 426 g/mol. The van der Waals surface area contributed by atoms with Gasteiger partial charge in [-0.3, -0.25) is 0 Å². The summed E-state index contributed by atoms with van der Waals surface area (Å²) in [5, 5.41) is 0. The molecule has 0 aromatic heterocycles. The van der Waals surface area contributed by atoms with Crippen molar-refractivity contribution in [1.29, 1.82) is 0 Å². The molecule has 2 aromatic rings. The van der Waals surface area contributed by atoms with Crippen LogP contribution in [0, 0.1) is 0 Å². The van der Waals surface area contributed by atoms with Crippen molar-refractivity contribution in [3.05, 3.63) is 53.6 Å². The number of fused-ring (bicyclic) bond motifs is 1. The zero-order valence-electron chi connectivity index (χ0n) is 18.4. The summed E-state index contributed by atoms with van der Waals surface area (Å²) in [7, 11) is 3.31. The molecule has 0 saturated carbocycles. The Morgan fingerprint density at radius 2 is 1.84 bits per heavy atom. The molecule has 2 atom stereocenters. The van der Waals surface area contributed by atoms with E-state index in [1.54, 1.807) is 14.2 Å². The maximum absolute atomic E-state index is 13.5. The van der Waals surface area contributed by atoms with E-state index in [1.165, 1.54) is 0 Å². The number of urea groups is 1. The van der Waals surface area contributed by atoms with Gasteiger partial charge < -0.3 is 28.7 Å². The standard InChI is InChI=1S/C24H30N2O5/c1-4-25(11-12-28-2)24(27)26-15-19(18-7-10-22-23(14-18)31-16-30-22)13-21(26)17-5-8-20(29-3)9-6-17/h5-10,14,19,21H,4,11-13,15-16H2,1-3H3/t19-,21+/m0/s1. The van der Waals surface area contributed by atoms with Crippen molar-refractivity contribution in [3.63, 3.8) is 0 Å². The molecule has 31 heavy (non-hydrogen) atoms. The number of carbonyl (C=O) groups excluding carboxylic acids is 1. The van der Waals surface area contributed by atoms with Crippen LogP contribution in [0.3, 0.4) is 0 Å². The van der Waals surface area contributed by atoms with Crippen LogP contribution in [0.5, 0.6) is 17.2 Å². The van der Waals surface area contributed by atoms with Gasteiger partial charge in [0.1, 0.15) is 5.75 Å². The number of nitrogens with zero attached hydrogens (tertiary/aromatic N) is 2. The third kappa shape index (κ3) is 4.42. The fourth-order valence-corrected chi connectivity index (χ4v) is 4.37. The molecular formula is C24H30N2O5. The molecule has 4 rings (SSSR count). The van der Waals surface area contributed by atoms with Crippen molar-refractivity contribution in [2.45, 2.75) is 25.3 Å². The van der Waals surface area contributed by atoms with Gasteiger partial charge in [0.2, 0.25) is 6.79 Å². The van der Waals surface area contributed by atoms with Crippen LogP contribution in [0.1, 0.15) is 36.4 Å². The lowest BCUT2D eigenvalue weighted by atomic mass is 9.93. The van der Waals surface area contributed by atoms with E-state index in [1.807, 2.05) is 34.9 Å². The van der Waals surface area contributed by atoms with E-state index in [-0.39, 0.29) is 24.8 Å². The second-order valence-corrected chi connectivity index (χ2v) is 7.84. The van der Waals surface area contributed by atoms with Crippen molar-refractivity contribution in [1.82, 2.24) is 9.80 Å². The van der Waals surface area contributed by atoms with E-state index >= 15 is 0 Å². The molecule has 0 radical (unpaired) electrons. The first-order valence-corrected chi connectivity index (χ1v) is 10.7. The van der Waals surface area contributed by atoms with Crippen LogP contribution in [0.4, 0.5) is 4.79 Å². The summed E-state index contributed by atoms with van der Waals surface area (Å²) in [5.41, 5.74) is 2.28. The molecule has 0 aliphatic carbocycles. The molecule has 2 aliphatic heterocycles. The van der Waals surface area contributed by atoms with Crippen LogP contribution in [0.25, 0.3) is 0 Å². The van der Waals surface area contributed by atoms with Crippen LogP contribution < -0.4 is 14.2 Å². The first-order valence-electron chi connectivity index (χ1n) is 10.7. The maximum atomic E-state index is 13.5. The van der Waals surface area contributed by atoms with Crippen LogP contribution >= 0.6 is 0 Å². The Bertz CT molecular complexity index is 901. The molecule has 1 saturated heterocycles. The molecule has 0 unspecified atom stereocenters. The van der Waals surface area contributed by atoms with Crippen molar-refractivity contribution in [3.8, 4) is 17.2 Å². The summed E-state index contributed by atoms with van der Waals surface area (Å²) in [6.07, 6.45) is 0.847. The Hall–Kier alpha value is -2.93. The Balaban J connectivity index is 1.61. The largest absolute Gasteiger partial charge is 0.497 e. The van der Waals surface area contributed by atoms with Gasteiger partial charge in [0.25, 0.3) is 0 Å². The number of hydrogen-bond acceptors (Lipinski definition) is 5. The normalized spacial score (nSPS) is 19.5. The summed E-state index contributed by atoms with van der Waals surface area (Å²) in [6.45, 7) is 4.65.